The van der Waals surface area contributed by atoms with Gasteiger partial charge in [0.15, 0.2) is 0 Å². The molecule has 0 aromatic rings. The summed E-state index contributed by atoms with van der Waals surface area (Å²) in [6, 6.07) is 0. The van der Waals surface area contributed by atoms with Crippen molar-refractivity contribution < 1.29 is 4.79 Å². The smallest absolute Gasteiger partial charge is 0.249 e. The molecule has 0 saturated carbocycles. The standard InChI is InChI=1S/C10H15NO/c1-10(2,3)7-8-5-4-6-9(12)11-8/h4-5H,6-7H2,1-3H3. The van der Waals surface area contributed by atoms with E-state index in [0.29, 0.717) is 6.42 Å². The van der Waals surface area contributed by atoms with Gasteiger partial charge in [-0.05, 0) is 17.9 Å². The van der Waals surface area contributed by atoms with Crippen LogP contribution in [-0.2, 0) is 4.79 Å². The summed E-state index contributed by atoms with van der Waals surface area (Å²) in [5.41, 5.74) is 1.12. The molecule has 2 heteroatoms. The fourth-order valence-corrected chi connectivity index (χ4v) is 1.18. The monoisotopic (exact) mass is 165 g/mol. The maximum atomic E-state index is 10.9. The lowest BCUT2D eigenvalue weighted by atomic mass is 9.89. The van der Waals surface area contributed by atoms with Crippen molar-refractivity contribution in [3.8, 4) is 0 Å². The van der Waals surface area contributed by atoms with E-state index in [4.69, 9.17) is 0 Å². The summed E-state index contributed by atoms with van der Waals surface area (Å²) in [4.78, 5) is 14.9. The highest BCUT2D eigenvalue weighted by atomic mass is 16.1. The van der Waals surface area contributed by atoms with Crippen molar-refractivity contribution in [2.45, 2.75) is 33.6 Å². The number of hydrogen-bond acceptors (Lipinski definition) is 1. The van der Waals surface area contributed by atoms with E-state index in [1.807, 2.05) is 12.2 Å². The SMILES string of the molecule is CC(C)(C)CC1=NC(=O)CC=C1. The number of hydrogen-bond donors (Lipinski definition) is 0. The molecule has 0 saturated heterocycles. The van der Waals surface area contributed by atoms with Gasteiger partial charge in [-0.2, -0.15) is 0 Å². The first-order chi connectivity index (χ1) is 5.47. The van der Waals surface area contributed by atoms with E-state index in [1.165, 1.54) is 0 Å². The molecule has 1 aliphatic heterocycles. The van der Waals surface area contributed by atoms with Crippen molar-refractivity contribution >= 4 is 11.6 Å². The molecule has 0 atom stereocenters. The van der Waals surface area contributed by atoms with Crippen LogP contribution in [0, 0.1) is 5.41 Å². The summed E-state index contributed by atoms with van der Waals surface area (Å²) in [6.45, 7) is 6.42. The molecule has 2 nitrogen and oxygen atoms in total. The summed E-state index contributed by atoms with van der Waals surface area (Å²) >= 11 is 0. The molecule has 0 radical (unpaired) electrons. The molecule has 0 spiro atoms. The van der Waals surface area contributed by atoms with E-state index >= 15 is 0 Å². The molecule has 0 N–H and O–H groups in total. The molecule has 0 fully saturated rings. The maximum Gasteiger partial charge on any atom is 0.249 e. The van der Waals surface area contributed by atoms with Gasteiger partial charge in [0.2, 0.25) is 5.91 Å². The lowest BCUT2D eigenvalue weighted by Gasteiger charge is -2.18. The number of carbonyl (C=O) groups excluding carboxylic acids is 1. The van der Waals surface area contributed by atoms with Gasteiger partial charge in [-0.1, -0.05) is 26.8 Å². The van der Waals surface area contributed by atoms with Crippen molar-refractivity contribution in [2.24, 2.45) is 10.4 Å². The Hall–Kier alpha value is -0.920. The van der Waals surface area contributed by atoms with Crippen molar-refractivity contribution in [1.82, 2.24) is 0 Å². The van der Waals surface area contributed by atoms with Crippen LogP contribution < -0.4 is 0 Å². The third-order valence-electron chi connectivity index (χ3n) is 1.58. The highest BCUT2D eigenvalue weighted by Gasteiger charge is 2.15. The number of rotatable bonds is 1. The molecule has 0 aromatic carbocycles. The predicted octanol–water partition coefficient (Wildman–Crippen LogP) is 2.35. The normalized spacial score (nSPS) is 17.9. The van der Waals surface area contributed by atoms with Gasteiger partial charge in [-0.15, -0.1) is 0 Å². The fraction of sp³-hybridized carbons (Fsp3) is 0.600. The summed E-state index contributed by atoms with van der Waals surface area (Å²) in [5.74, 6) is -0.0169. The predicted molar refractivity (Wildman–Crippen MR) is 50.3 cm³/mol. The van der Waals surface area contributed by atoms with Crippen LogP contribution in [0.1, 0.15) is 33.6 Å². The second-order valence-corrected chi connectivity index (χ2v) is 4.34. The average molecular weight is 165 g/mol. The Bertz CT molecular complexity index is 243. The van der Waals surface area contributed by atoms with E-state index in [-0.39, 0.29) is 11.3 Å². The zero-order chi connectivity index (χ0) is 9.19. The largest absolute Gasteiger partial charge is 0.272 e. The van der Waals surface area contributed by atoms with Gasteiger partial charge in [0.25, 0.3) is 0 Å². The summed E-state index contributed by atoms with van der Waals surface area (Å²) in [6.07, 6.45) is 5.17. The van der Waals surface area contributed by atoms with Crippen LogP contribution in [-0.4, -0.2) is 11.6 Å². The Morgan fingerprint density at radius 1 is 1.50 bits per heavy atom. The number of dihydropyridines is 1. The van der Waals surface area contributed by atoms with Crippen LogP contribution in [0.5, 0.6) is 0 Å². The molecule has 1 heterocycles. The number of allylic oxidation sites excluding steroid dienone is 1. The molecular weight excluding hydrogens is 150 g/mol. The first-order valence-corrected chi connectivity index (χ1v) is 4.24. The Balaban J connectivity index is 2.64. The molecule has 0 aromatic heterocycles. The summed E-state index contributed by atoms with van der Waals surface area (Å²) in [7, 11) is 0. The van der Waals surface area contributed by atoms with Crippen LogP contribution >= 0.6 is 0 Å². The zero-order valence-electron chi connectivity index (χ0n) is 7.92. The highest BCUT2D eigenvalue weighted by Crippen LogP contribution is 2.20. The average Bonchev–Trinajstić information content (AvgIpc) is 1.82. The molecule has 0 bridgehead atoms. The van der Waals surface area contributed by atoms with E-state index in [9.17, 15) is 4.79 Å². The van der Waals surface area contributed by atoms with Crippen molar-refractivity contribution in [2.75, 3.05) is 0 Å². The summed E-state index contributed by atoms with van der Waals surface area (Å²) < 4.78 is 0. The molecular formula is C10H15NO. The van der Waals surface area contributed by atoms with Gasteiger partial charge >= 0.3 is 0 Å². The number of nitrogens with zero attached hydrogens (tertiary/aromatic N) is 1. The molecule has 1 amide bonds. The van der Waals surface area contributed by atoms with Crippen LogP contribution in [0.2, 0.25) is 0 Å². The maximum absolute atomic E-state index is 10.9. The van der Waals surface area contributed by atoms with Gasteiger partial charge in [0, 0.05) is 12.1 Å². The van der Waals surface area contributed by atoms with E-state index in [2.05, 4.69) is 25.8 Å². The van der Waals surface area contributed by atoms with Gasteiger partial charge < -0.3 is 0 Å². The lowest BCUT2D eigenvalue weighted by Crippen LogP contribution is -2.14. The molecule has 12 heavy (non-hydrogen) atoms. The van der Waals surface area contributed by atoms with E-state index in [0.717, 1.165) is 12.1 Å². The van der Waals surface area contributed by atoms with Gasteiger partial charge in [0.1, 0.15) is 0 Å². The lowest BCUT2D eigenvalue weighted by molar-refractivity contribution is -0.117. The third-order valence-corrected chi connectivity index (χ3v) is 1.58. The van der Waals surface area contributed by atoms with Gasteiger partial charge in [-0.25, -0.2) is 4.99 Å². The number of carbonyl (C=O) groups is 1. The second kappa shape index (κ2) is 3.21. The molecule has 1 aliphatic rings. The molecule has 1 rings (SSSR count). The van der Waals surface area contributed by atoms with Gasteiger partial charge in [-0.3, -0.25) is 4.79 Å². The zero-order valence-corrected chi connectivity index (χ0v) is 7.92. The van der Waals surface area contributed by atoms with Crippen LogP contribution in [0.15, 0.2) is 17.1 Å². The minimum atomic E-state index is -0.0169. The Morgan fingerprint density at radius 2 is 2.17 bits per heavy atom. The fourth-order valence-electron chi connectivity index (χ4n) is 1.18. The first-order valence-electron chi connectivity index (χ1n) is 4.24. The van der Waals surface area contributed by atoms with Crippen molar-refractivity contribution in [1.29, 1.82) is 0 Å². The third kappa shape index (κ3) is 2.99. The molecule has 0 aliphatic carbocycles. The minimum Gasteiger partial charge on any atom is -0.272 e. The van der Waals surface area contributed by atoms with Gasteiger partial charge in [0.05, 0.1) is 0 Å². The molecule has 0 unspecified atom stereocenters. The highest BCUT2D eigenvalue weighted by molar-refractivity contribution is 6.05. The van der Waals surface area contributed by atoms with Crippen molar-refractivity contribution in [3.63, 3.8) is 0 Å². The van der Waals surface area contributed by atoms with Crippen LogP contribution in [0.4, 0.5) is 0 Å². The van der Waals surface area contributed by atoms with E-state index < -0.39 is 0 Å². The quantitative estimate of drug-likeness (QED) is 0.586. The van der Waals surface area contributed by atoms with Crippen LogP contribution in [0.25, 0.3) is 0 Å². The molecule has 66 valence electrons. The topological polar surface area (TPSA) is 29.4 Å². The Kier molecular flexibility index (Phi) is 2.46. The minimum absolute atomic E-state index is 0.0169. The summed E-state index contributed by atoms with van der Waals surface area (Å²) in [5, 5.41) is 0. The number of aliphatic imine (C=N–C) groups is 1. The van der Waals surface area contributed by atoms with Crippen molar-refractivity contribution in [3.05, 3.63) is 12.2 Å². The first kappa shape index (κ1) is 9.17. The van der Waals surface area contributed by atoms with E-state index in [1.54, 1.807) is 0 Å². The van der Waals surface area contributed by atoms with Crippen LogP contribution in [0.3, 0.4) is 0 Å². The Morgan fingerprint density at radius 3 is 2.67 bits per heavy atom. The Labute approximate surface area is 73.4 Å². The second-order valence-electron chi connectivity index (χ2n) is 4.34. The number of amides is 1.